The van der Waals surface area contributed by atoms with Crippen molar-refractivity contribution in [3.05, 3.63) is 59.7 Å². The van der Waals surface area contributed by atoms with Crippen molar-refractivity contribution in [3.63, 3.8) is 0 Å². The molecule has 4 rings (SSSR count). The lowest BCUT2D eigenvalue weighted by Gasteiger charge is -2.29. The highest BCUT2D eigenvalue weighted by molar-refractivity contribution is 7.89. The van der Waals surface area contributed by atoms with Gasteiger partial charge in [0, 0.05) is 13.2 Å². The summed E-state index contributed by atoms with van der Waals surface area (Å²) in [7, 11) is -4.02. The Bertz CT molecular complexity index is 1120. The normalized spacial score (nSPS) is 21.5. The van der Waals surface area contributed by atoms with Crippen LogP contribution in [-0.2, 0) is 24.3 Å². The third kappa shape index (κ3) is 4.74. The van der Waals surface area contributed by atoms with Crippen LogP contribution in [0.2, 0.25) is 0 Å². The molecule has 0 spiro atoms. The summed E-state index contributed by atoms with van der Waals surface area (Å²) in [5.74, 6) is -0.608. The number of sulfonamides is 1. The molecule has 0 aromatic heterocycles. The van der Waals surface area contributed by atoms with Crippen LogP contribution in [-0.4, -0.2) is 49.8 Å². The summed E-state index contributed by atoms with van der Waals surface area (Å²) in [5, 5.41) is 0. The molecule has 2 aliphatic rings. The van der Waals surface area contributed by atoms with Crippen LogP contribution in [0.25, 0.3) is 0 Å². The van der Waals surface area contributed by atoms with Gasteiger partial charge in [-0.3, -0.25) is 9.59 Å². The highest BCUT2D eigenvalue weighted by atomic mass is 32.2. The van der Waals surface area contributed by atoms with Crippen molar-refractivity contribution in [1.29, 1.82) is 0 Å². The van der Waals surface area contributed by atoms with Crippen molar-refractivity contribution in [3.8, 4) is 0 Å². The maximum atomic E-state index is 13.6. The Hall–Kier alpha value is -2.55. The Morgan fingerprint density at radius 2 is 1.73 bits per heavy atom. The first-order chi connectivity index (χ1) is 15.7. The molecule has 0 bridgehead atoms. The monoisotopic (exact) mass is 470 g/mol. The fraction of sp³-hybridized carbons (Fsp3) is 0.440. The first-order valence-electron chi connectivity index (χ1n) is 11.4. The Morgan fingerprint density at radius 3 is 2.30 bits per heavy atom. The third-order valence-corrected chi connectivity index (χ3v) is 8.21. The highest BCUT2D eigenvalue weighted by Gasteiger charge is 2.47. The number of nitrogens with zero attached hydrogens (tertiary/aromatic N) is 2. The number of imide groups is 1. The number of amides is 2. The van der Waals surface area contributed by atoms with E-state index in [2.05, 4.69) is 13.8 Å². The molecule has 2 aromatic rings. The number of aryl methyl sites for hydroxylation is 1. The van der Waals surface area contributed by atoms with Crippen LogP contribution >= 0.6 is 0 Å². The molecule has 0 saturated carbocycles. The second kappa shape index (κ2) is 9.37. The van der Waals surface area contributed by atoms with E-state index in [0.29, 0.717) is 18.2 Å². The first-order valence-corrected chi connectivity index (χ1v) is 12.8. The molecule has 2 heterocycles. The fourth-order valence-electron chi connectivity index (χ4n) is 4.35. The van der Waals surface area contributed by atoms with Gasteiger partial charge in [0.1, 0.15) is 6.04 Å². The minimum atomic E-state index is -4.02. The second-order valence-corrected chi connectivity index (χ2v) is 10.9. The van der Waals surface area contributed by atoms with E-state index in [1.807, 2.05) is 19.1 Å². The zero-order valence-corrected chi connectivity index (χ0v) is 20.0. The molecule has 2 aromatic carbocycles. The molecular weight excluding hydrogens is 440 g/mol. The topological polar surface area (TPSA) is 84.0 Å². The minimum absolute atomic E-state index is 0.0417. The lowest BCUT2D eigenvalue weighted by Crippen LogP contribution is -2.48. The minimum Gasteiger partial charge on any atom is -0.377 e. The summed E-state index contributed by atoms with van der Waals surface area (Å²) in [6.07, 6.45) is 1.07. The Morgan fingerprint density at radius 1 is 1.06 bits per heavy atom. The quantitative estimate of drug-likeness (QED) is 0.577. The van der Waals surface area contributed by atoms with Gasteiger partial charge in [-0.05, 0) is 55.5 Å². The zero-order valence-electron chi connectivity index (χ0n) is 19.2. The number of rotatable bonds is 7. The zero-order chi connectivity index (χ0) is 23.8. The summed E-state index contributed by atoms with van der Waals surface area (Å²) >= 11 is 0. The summed E-state index contributed by atoms with van der Waals surface area (Å²) in [6.45, 7) is 6.61. The molecule has 33 heavy (non-hydrogen) atoms. The molecule has 0 aliphatic carbocycles. The number of carbonyl (C=O) groups is 2. The van der Waals surface area contributed by atoms with Crippen molar-refractivity contribution in [1.82, 2.24) is 4.31 Å². The average Bonchev–Trinajstić information content (AvgIpc) is 3.39. The molecule has 2 amide bonds. The van der Waals surface area contributed by atoms with E-state index in [4.69, 9.17) is 4.74 Å². The molecule has 0 radical (unpaired) electrons. The van der Waals surface area contributed by atoms with Gasteiger partial charge in [-0.15, -0.1) is 0 Å². The summed E-state index contributed by atoms with van der Waals surface area (Å²) in [4.78, 5) is 27.6. The number of anilines is 1. The lowest BCUT2D eigenvalue weighted by molar-refractivity contribution is -0.122. The van der Waals surface area contributed by atoms with Gasteiger partial charge in [-0.2, -0.15) is 4.31 Å². The maximum Gasteiger partial charge on any atom is 0.252 e. The Kier molecular flexibility index (Phi) is 6.70. The summed E-state index contributed by atoms with van der Waals surface area (Å²) < 4.78 is 34.1. The van der Waals surface area contributed by atoms with E-state index in [9.17, 15) is 18.0 Å². The maximum absolute atomic E-state index is 13.6. The number of carbonyl (C=O) groups excluding carboxylic acids is 2. The number of hydrogen-bond donors (Lipinski definition) is 0. The van der Waals surface area contributed by atoms with Gasteiger partial charge >= 0.3 is 0 Å². The van der Waals surface area contributed by atoms with Gasteiger partial charge in [0.15, 0.2) is 0 Å². The van der Waals surface area contributed by atoms with Crippen molar-refractivity contribution in [2.45, 2.75) is 63.0 Å². The number of ether oxygens (including phenoxy) is 1. The molecular formula is C25H30N2O5S. The van der Waals surface area contributed by atoms with Crippen molar-refractivity contribution in [2.75, 3.05) is 18.1 Å². The average molecular weight is 471 g/mol. The van der Waals surface area contributed by atoms with Gasteiger partial charge in [-0.25, -0.2) is 13.3 Å². The van der Waals surface area contributed by atoms with Crippen molar-refractivity contribution < 1.29 is 22.7 Å². The Balaban J connectivity index is 1.67. The van der Waals surface area contributed by atoms with Crippen LogP contribution in [0.1, 0.15) is 50.2 Å². The standard InChI is InChI=1S/C25H30N2O5S/c1-17(2)19-8-10-20(11-9-19)27-24(28)15-23(25(27)29)26(16-21-5-4-14-32-21)33(30,31)22-12-6-18(3)7-13-22/h6-13,17,21,23H,4-5,14-16H2,1-3H3. The van der Waals surface area contributed by atoms with Crippen LogP contribution in [0, 0.1) is 6.92 Å². The van der Waals surface area contributed by atoms with E-state index in [1.165, 1.54) is 16.4 Å². The van der Waals surface area contributed by atoms with Crippen LogP contribution in [0.15, 0.2) is 53.4 Å². The van der Waals surface area contributed by atoms with Gasteiger partial charge in [0.2, 0.25) is 15.9 Å². The van der Waals surface area contributed by atoms with E-state index >= 15 is 0 Å². The molecule has 0 N–H and O–H groups in total. The highest BCUT2D eigenvalue weighted by Crippen LogP contribution is 2.31. The van der Waals surface area contributed by atoms with Crippen molar-refractivity contribution in [2.24, 2.45) is 0 Å². The predicted molar refractivity (Wildman–Crippen MR) is 125 cm³/mol. The van der Waals surface area contributed by atoms with Crippen LogP contribution in [0.5, 0.6) is 0 Å². The lowest BCUT2D eigenvalue weighted by atomic mass is 10.0. The SMILES string of the molecule is Cc1ccc(S(=O)(=O)N(CC2CCCO2)C2CC(=O)N(c3ccc(C(C)C)cc3)C2=O)cc1. The second-order valence-electron chi connectivity index (χ2n) is 9.06. The van der Waals surface area contributed by atoms with Gasteiger partial charge in [0.25, 0.3) is 5.91 Å². The fourth-order valence-corrected chi connectivity index (χ4v) is 5.96. The molecule has 8 heteroatoms. The smallest absolute Gasteiger partial charge is 0.252 e. The molecule has 2 unspecified atom stereocenters. The van der Waals surface area contributed by atoms with E-state index < -0.39 is 27.9 Å². The molecule has 2 atom stereocenters. The van der Waals surface area contributed by atoms with Crippen LogP contribution < -0.4 is 4.90 Å². The summed E-state index contributed by atoms with van der Waals surface area (Å²) in [6, 6.07) is 12.7. The van der Waals surface area contributed by atoms with E-state index in [1.54, 1.807) is 24.3 Å². The van der Waals surface area contributed by atoms with Gasteiger partial charge in [-0.1, -0.05) is 43.7 Å². The predicted octanol–water partition coefficient (Wildman–Crippen LogP) is 3.62. The molecule has 176 valence electrons. The Labute approximate surface area is 195 Å². The largest absolute Gasteiger partial charge is 0.377 e. The van der Waals surface area contributed by atoms with Crippen LogP contribution in [0.4, 0.5) is 5.69 Å². The third-order valence-electron chi connectivity index (χ3n) is 6.32. The van der Waals surface area contributed by atoms with Gasteiger partial charge in [0.05, 0.1) is 23.1 Å². The van der Waals surface area contributed by atoms with Crippen LogP contribution in [0.3, 0.4) is 0 Å². The van der Waals surface area contributed by atoms with E-state index in [-0.39, 0.29) is 24.0 Å². The first kappa shape index (κ1) is 23.6. The molecule has 7 nitrogen and oxygen atoms in total. The molecule has 2 aliphatic heterocycles. The molecule has 2 saturated heterocycles. The molecule has 2 fully saturated rings. The summed E-state index contributed by atoms with van der Waals surface area (Å²) in [5.41, 5.74) is 2.49. The van der Waals surface area contributed by atoms with Gasteiger partial charge < -0.3 is 4.74 Å². The number of benzene rings is 2. The van der Waals surface area contributed by atoms with E-state index in [0.717, 1.165) is 28.9 Å². The van der Waals surface area contributed by atoms with Crippen molar-refractivity contribution >= 4 is 27.5 Å². The number of hydrogen-bond acceptors (Lipinski definition) is 5.